The Morgan fingerprint density at radius 2 is 1.90 bits per heavy atom. The molecule has 3 rings (SSSR count). The maximum absolute atomic E-state index is 11.2. The summed E-state index contributed by atoms with van der Waals surface area (Å²) < 4.78 is 0. The van der Waals surface area contributed by atoms with Crippen molar-refractivity contribution in [3.63, 3.8) is 0 Å². The van der Waals surface area contributed by atoms with Crippen LogP contribution in [0, 0.1) is 13.8 Å². The molecular weight excluding hydrogens is 252 g/mol. The number of carbonyl (C=O) groups is 1. The molecule has 0 saturated heterocycles. The van der Waals surface area contributed by atoms with Gasteiger partial charge in [0.25, 0.3) is 0 Å². The SMILES string of the molecule is Cc1cccc(-c2cc(C3=NNC(=O)C3)nc(C)n2)c1. The average Bonchev–Trinajstić information content (AvgIpc) is 2.85. The molecule has 0 saturated carbocycles. The molecule has 1 aliphatic rings. The van der Waals surface area contributed by atoms with Crippen molar-refractivity contribution < 1.29 is 4.79 Å². The first-order valence-corrected chi connectivity index (χ1v) is 6.40. The highest BCUT2D eigenvalue weighted by Crippen LogP contribution is 2.20. The minimum atomic E-state index is -0.103. The van der Waals surface area contributed by atoms with Crippen molar-refractivity contribution in [2.75, 3.05) is 0 Å². The van der Waals surface area contributed by atoms with Gasteiger partial charge in [-0.25, -0.2) is 15.4 Å². The van der Waals surface area contributed by atoms with Gasteiger partial charge in [-0.1, -0.05) is 23.8 Å². The van der Waals surface area contributed by atoms with Crippen LogP contribution in [0.3, 0.4) is 0 Å². The number of nitrogens with zero attached hydrogens (tertiary/aromatic N) is 3. The van der Waals surface area contributed by atoms with Gasteiger partial charge in [0.05, 0.1) is 23.5 Å². The van der Waals surface area contributed by atoms with Crippen molar-refractivity contribution in [2.45, 2.75) is 20.3 Å². The quantitative estimate of drug-likeness (QED) is 0.903. The highest BCUT2D eigenvalue weighted by atomic mass is 16.2. The van der Waals surface area contributed by atoms with Crippen molar-refractivity contribution in [3.05, 3.63) is 47.4 Å². The van der Waals surface area contributed by atoms with Gasteiger partial charge in [-0.15, -0.1) is 0 Å². The molecule has 0 atom stereocenters. The molecule has 1 aromatic heterocycles. The van der Waals surface area contributed by atoms with Gasteiger partial charge in [-0.05, 0) is 26.0 Å². The topological polar surface area (TPSA) is 67.2 Å². The molecule has 1 N–H and O–H groups in total. The minimum Gasteiger partial charge on any atom is -0.273 e. The molecule has 5 nitrogen and oxygen atoms in total. The molecule has 0 unspecified atom stereocenters. The first kappa shape index (κ1) is 12.5. The minimum absolute atomic E-state index is 0.103. The van der Waals surface area contributed by atoms with Crippen molar-refractivity contribution in [1.29, 1.82) is 0 Å². The van der Waals surface area contributed by atoms with Gasteiger partial charge in [-0.3, -0.25) is 4.79 Å². The van der Waals surface area contributed by atoms with Crippen molar-refractivity contribution >= 4 is 11.6 Å². The Labute approximate surface area is 116 Å². The Kier molecular flexibility index (Phi) is 3.02. The van der Waals surface area contributed by atoms with Crippen molar-refractivity contribution in [2.24, 2.45) is 5.10 Å². The third-order valence-electron chi connectivity index (χ3n) is 3.09. The third kappa shape index (κ3) is 2.42. The lowest BCUT2D eigenvalue weighted by molar-refractivity contribution is -0.119. The highest BCUT2D eigenvalue weighted by molar-refractivity contribution is 6.12. The second kappa shape index (κ2) is 4.85. The smallest absolute Gasteiger partial charge is 0.246 e. The van der Waals surface area contributed by atoms with Crippen LogP contribution < -0.4 is 5.43 Å². The lowest BCUT2D eigenvalue weighted by Gasteiger charge is -2.06. The van der Waals surface area contributed by atoms with E-state index in [2.05, 4.69) is 26.6 Å². The van der Waals surface area contributed by atoms with Crippen LogP contribution in [-0.4, -0.2) is 21.6 Å². The summed E-state index contributed by atoms with van der Waals surface area (Å²) in [5, 5.41) is 4.01. The molecule has 0 bridgehead atoms. The number of nitrogens with one attached hydrogen (secondary N) is 1. The van der Waals surface area contributed by atoms with E-state index in [1.807, 2.05) is 38.1 Å². The number of hydrazone groups is 1. The second-order valence-electron chi connectivity index (χ2n) is 4.83. The number of benzene rings is 1. The Hall–Kier alpha value is -2.56. The summed E-state index contributed by atoms with van der Waals surface area (Å²) >= 11 is 0. The Balaban J connectivity index is 2.05. The van der Waals surface area contributed by atoms with Crippen LogP contribution in [0.2, 0.25) is 0 Å². The van der Waals surface area contributed by atoms with Crippen LogP contribution in [0.15, 0.2) is 35.4 Å². The molecule has 2 aromatic rings. The number of hydrogen-bond donors (Lipinski definition) is 1. The Bertz CT molecular complexity index is 722. The van der Waals surface area contributed by atoms with E-state index in [1.54, 1.807) is 0 Å². The fraction of sp³-hybridized carbons (Fsp3) is 0.200. The fourth-order valence-electron chi connectivity index (χ4n) is 2.18. The third-order valence-corrected chi connectivity index (χ3v) is 3.09. The number of amides is 1. The largest absolute Gasteiger partial charge is 0.273 e. The van der Waals surface area contributed by atoms with Crippen LogP contribution in [0.4, 0.5) is 0 Å². The monoisotopic (exact) mass is 266 g/mol. The first-order valence-electron chi connectivity index (χ1n) is 6.40. The molecule has 1 amide bonds. The highest BCUT2D eigenvalue weighted by Gasteiger charge is 2.18. The summed E-state index contributed by atoms with van der Waals surface area (Å²) in [5.74, 6) is 0.564. The number of rotatable bonds is 2. The summed E-state index contributed by atoms with van der Waals surface area (Å²) in [6.45, 7) is 3.88. The van der Waals surface area contributed by atoms with Crippen LogP contribution in [0.5, 0.6) is 0 Å². The Morgan fingerprint density at radius 1 is 1.10 bits per heavy atom. The molecule has 1 aliphatic heterocycles. The first-order chi connectivity index (χ1) is 9.61. The van der Waals surface area contributed by atoms with Crippen molar-refractivity contribution in [3.8, 4) is 11.3 Å². The molecule has 0 fully saturated rings. The fourth-order valence-corrected chi connectivity index (χ4v) is 2.18. The maximum Gasteiger partial charge on any atom is 0.246 e. The van der Waals surface area contributed by atoms with Gasteiger partial charge in [0.15, 0.2) is 0 Å². The van der Waals surface area contributed by atoms with Crippen LogP contribution in [-0.2, 0) is 4.79 Å². The van der Waals surface area contributed by atoms with Gasteiger partial charge >= 0.3 is 0 Å². The molecule has 0 radical (unpaired) electrons. The van der Waals surface area contributed by atoms with E-state index >= 15 is 0 Å². The van der Waals surface area contributed by atoms with E-state index < -0.39 is 0 Å². The standard InChI is InChI=1S/C15H14N4O/c1-9-4-3-5-11(6-9)12-7-13(17-10(2)16-12)14-8-15(20)19-18-14/h3-7H,8H2,1-2H3,(H,19,20). The van der Waals surface area contributed by atoms with E-state index in [0.29, 0.717) is 17.2 Å². The second-order valence-corrected chi connectivity index (χ2v) is 4.83. The number of carbonyl (C=O) groups excluding carboxylic acids is 1. The lowest BCUT2D eigenvalue weighted by atomic mass is 10.1. The van der Waals surface area contributed by atoms with E-state index in [0.717, 1.165) is 11.3 Å². The number of hydrogen-bond acceptors (Lipinski definition) is 4. The van der Waals surface area contributed by atoms with Crippen LogP contribution >= 0.6 is 0 Å². The van der Waals surface area contributed by atoms with Gasteiger partial charge in [0.1, 0.15) is 5.82 Å². The van der Waals surface area contributed by atoms with Gasteiger partial charge in [0.2, 0.25) is 5.91 Å². The molecule has 20 heavy (non-hydrogen) atoms. The van der Waals surface area contributed by atoms with Gasteiger partial charge in [-0.2, -0.15) is 5.10 Å². The predicted molar refractivity (Wildman–Crippen MR) is 76.2 cm³/mol. The molecule has 100 valence electrons. The van der Waals surface area contributed by atoms with Crippen LogP contribution in [0.1, 0.15) is 23.5 Å². The number of aryl methyl sites for hydroxylation is 2. The predicted octanol–water partition coefficient (Wildman–Crippen LogP) is 1.98. The maximum atomic E-state index is 11.2. The van der Waals surface area contributed by atoms with E-state index in [9.17, 15) is 4.79 Å². The summed E-state index contributed by atoms with van der Waals surface area (Å²) in [7, 11) is 0. The zero-order valence-electron chi connectivity index (χ0n) is 11.3. The molecule has 1 aromatic carbocycles. The lowest BCUT2D eigenvalue weighted by Crippen LogP contribution is -2.10. The van der Waals surface area contributed by atoms with Gasteiger partial charge < -0.3 is 0 Å². The van der Waals surface area contributed by atoms with Crippen LogP contribution in [0.25, 0.3) is 11.3 Å². The molecular formula is C15H14N4O. The van der Waals surface area contributed by atoms with E-state index in [4.69, 9.17) is 0 Å². The van der Waals surface area contributed by atoms with E-state index in [-0.39, 0.29) is 12.3 Å². The van der Waals surface area contributed by atoms with Crippen molar-refractivity contribution in [1.82, 2.24) is 15.4 Å². The number of aromatic nitrogens is 2. The summed E-state index contributed by atoms with van der Waals surface area (Å²) in [6.07, 6.45) is 0.268. The normalized spacial score (nSPS) is 14.1. The summed E-state index contributed by atoms with van der Waals surface area (Å²) in [6, 6.07) is 10.0. The zero-order chi connectivity index (χ0) is 14.1. The Morgan fingerprint density at radius 3 is 2.60 bits per heavy atom. The summed E-state index contributed by atoms with van der Waals surface area (Å²) in [5.41, 5.74) is 6.87. The molecule has 0 spiro atoms. The molecule has 0 aliphatic carbocycles. The van der Waals surface area contributed by atoms with E-state index in [1.165, 1.54) is 5.56 Å². The summed E-state index contributed by atoms with van der Waals surface area (Å²) in [4.78, 5) is 20.1. The molecule has 2 heterocycles. The molecule has 5 heteroatoms. The average molecular weight is 266 g/mol. The zero-order valence-corrected chi connectivity index (χ0v) is 11.3. The van der Waals surface area contributed by atoms with Gasteiger partial charge in [0, 0.05) is 5.56 Å².